The van der Waals surface area contributed by atoms with E-state index in [1.807, 2.05) is 26.0 Å². The number of likely N-dealkylation sites (tertiary alicyclic amines) is 1. The van der Waals surface area contributed by atoms with Crippen LogP contribution in [0.15, 0.2) is 22.7 Å². The number of amides is 2. The van der Waals surface area contributed by atoms with Crippen molar-refractivity contribution >= 4 is 29.0 Å². The van der Waals surface area contributed by atoms with Crippen LogP contribution in [0, 0.1) is 0 Å². The first-order chi connectivity index (χ1) is 16.7. The van der Waals surface area contributed by atoms with E-state index < -0.39 is 6.17 Å². The Labute approximate surface area is 210 Å². The molecule has 0 spiro atoms. The van der Waals surface area contributed by atoms with E-state index in [-0.39, 0.29) is 29.6 Å². The van der Waals surface area contributed by atoms with Crippen molar-refractivity contribution < 1.29 is 18.4 Å². The van der Waals surface area contributed by atoms with Gasteiger partial charge in [0.1, 0.15) is 6.17 Å². The van der Waals surface area contributed by atoms with Crippen LogP contribution in [-0.4, -0.2) is 65.6 Å². The Kier molecular flexibility index (Phi) is 6.65. The lowest BCUT2D eigenvalue weighted by Gasteiger charge is -2.37. The summed E-state index contributed by atoms with van der Waals surface area (Å²) in [6, 6.07) is 5.51. The number of carbonyl (C=O) groups excluding carboxylic acids is 1. The fraction of sp³-hybridized carbons (Fsp3) is 0.640. The lowest BCUT2D eigenvalue weighted by molar-refractivity contribution is 0.0211. The topological polar surface area (TPSA) is 83.7 Å². The predicted octanol–water partition coefficient (Wildman–Crippen LogP) is 5.14. The monoisotopic (exact) mass is 505 g/mol. The number of halogens is 2. The summed E-state index contributed by atoms with van der Waals surface area (Å²) in [4.78, 5) is 21.7. The van der Waals surface area contributed by atoms with E-state index in [2.05, 4.69) is 27.3 Å². The number of urea groups is 1. The number of para-hydroxylation sites is 1. The number of nitrogens with one attached hydrogen (secondary N) is 1. The normalized spacial score (nSPS) is 25.8. The van der Waals surface area contributed by atoms with E-state index in [1.54, 1.807) is 11.0 Å². The Morgan fingerprint density at radius 2 is 2.06 bits per heavy atom. The first kappa shape index (κ1) is 24.3. The fourth-order valence-corrected chi connectivity index (χ4v) is 5.22. The van der Waals surface area contributed by atoms with Crippen LogP contribution in [0.4, 0.5) is 20.6 Å². The highest BCUT2D eigenvalue weighted by Gasteiger charge is 2.45. The molecule has 1 aromatic heterocycles. The van der Waals surface area contributed by atoms with Gasteiger partial charge in [-0.2, -0.15) is 4.98 Å². The number of alkyl halides is 1. The molecule has 10 heteroatoms. The summed E-state index contributed by atoms with van der Waals surface area (Å²) >= 11 is 6.54. The average Bonchev–Trinajstić information content (AvgIpc) is 3.18. The molecule has 190 valence electrons. The molecule has 1 aliphatic carbocycles. The largest absolute Gasteiger partial charge is 0.374 e. The van der Waals surface area contributed by atoms with Crippen LogP contribution in [-0.2, 0) is 10.2 Å². The lowest BCUT2D eigenvalue weighted by atomic mass is 9.80. The molecule has 0 radical (unpaired) electrons. The van der Waals surface area contributed by atoms with Crippen molar-refractivity contribution in [2.24, 2.45) is 0 Å². The van der Waals surface area contributed by atoms with E-state index in [0.29, 0.717) is 54.8 Å². The van der Waals surface area contributed by atoms with Gasteiger partial charge < -0.3 is 24.4 Å². The zero-order valence-corrected chi connectivity index (χ0v) is 21.2. The zero-order chi connectivity index (χ0) is 24.7. The van der Waals surface area contributed by atoms with E-state index in [0.717, 1.165) is 25.2 Å². The van der Waals surface area contributed by atoms with Gasteiger partial charge in [0, 0.05) is 31.6 Å². The number of carbonyl (C=O) groups is 1. The first-order valence-electron chi connectivity index (χ1n) is 12.5. The molecule has 1 aromatic carbocycles. The van der Waals surface area contributed by atoms with Crippen molar-refractivity contribution in [2.75, 3.05) is 36.4 Å². The maximum Gasteiger partial charge on any atom is 0.321 e. The lowest BCUT2D eigenvalue weighted by Crippen LogP contribution is -2.46. The molecule has 1 saturated carbocycles. The minimum Gasteiger partial charge on any atom is -0.374 e. The Bertz CT molecular complexity index is 1070. The number of ether oxygens (including phenoxy) is 1. The molecule has 8 nitrogen and oxygen atoms in total. The standard InChI is InChI=1S/C25H33ClFN5O3/c1-15(2)34-16-7-10-32(14-16)20-6-4-5-18(26)21(20)28-24(33)31-11-8-25(3,9-12-31)23-29-22(35-30-23)17-13-19(17)27/h4-6,15-17,19H,7-14H2,1-3H3,(H,28,33)/t16-,17-,19+/m1/s1. The summed E-state index contributed by atoms with van der Waals surface area (Å²) in [7, 11) is 0. The molecule has 2 amide bonds. The van der Waals surface area contributed by atoms with Gasteiger partial charge in [-0.25, -0.2) is 9.18 Å². The summed E-state index contributed by atoms with van der Waals surface area (Å²) < 4.78 is 24.6. The van der Waals surface area contributed by atoms with E-state index in [4.69, 9.17) is 20.9 Å². The Balaban J connectivity index is 1.22. The number of nitrogens with zero attached hydrogens (tertiary/aromatic N) is 4. The molecule has 0 bridgehead atoms. The molecule has 3 heterocycles. The fourth-order valence-electron chi connectivity index (χ4n) is 5.01. The molecule has 0 unspecified atom stereocenters. The molecule has 35 heavy (non-hydrogen) atoms. The second-order valence-corrected chi connectivity index (χ2v) is 10.9. The van der Waals surface area contributed by atoms with Crippen molar-refractivity contribution in [1.82, 2.24) is 15.0 Å². The third-order valence-corrected chi connectivity index (χ3v) is 7.65. The second-order valence-electron chi connectivity index (χ2n) is 10.5. The summed E-state index contributed by atoms with van der Waals surface area (Å²) in [5.41, 5.74) is 1.23. The van der Waals surface area contributed by atoms with Crippen LogP contribution in [0.1, 0.15) is 64.1 Å². The quantitative estimate of drug-likeness (QED) is 0.585. The van der Waals surface area contributed by atoms with Crippen molar-refractivity contribution in [3.63, 3.8) is 0 Å². The van der Waals surface area contributed by atoms with Crippen molar-refractivity contribution in [3.8, 4) is 0 Å². The highest BCUT2D eigenvalue weighted by atomic mass is 35.5. The van der Waals surface area contributed by atoms with Gasteiger partial charge in [-0.1, -0.05) is 29.7 Å². The molecular formula is C25H33ClFN5O3. The van der Waals surface area contributed by atoms with Crippen molar-refractivity contribution in [3.05, 3.63) is 34.9 Å². The van der Waals surface area contributed by atoms with Crippen LogP contribution in [0.5, 0.6) is 0 Å². The SMILES string of the molecule is CC(C)O[C@@H]1CCN(c2cccc(Cl)c2NC(=O)N2CCC(C)(c3noc([C@@H]4C[C@@H]4F)n3)CC2)C1. The van der Waals surface area contributed by atoms with Gasteiger partial charge in [-0.3, -0.25) is 0 Å². The molecule has 5 rings (SSSR count). The van der Waals surface area contributed by atoms with Gasteiger partial charge in [-0.15, -0.1) is 0 Å². The molecule has 3 fully saturated rings. The third kappa shape index (κ3) is 5.11. The number of hydrogen-bond donors (Lipinski definition) is 1. The highest BCUT2D eigenvalue weighted by Crippen LogP contribution is 2.44. The maximum absolute atomic E-state index is 13.4. The Morgan fingerprint density at radius 3 is 2.74 bits per heavy atom. The summed E-state index contributed by atoms with van der Waals surface area (Å²) in [5.74, 6) is 0.744. The first-order valence-corrected chi connectivity index (χ1v) is 12.8. The van der Waals surface area contributed by atoms with E-state index >= 15 is 0 Å². The number of piperidine rings is 1. The number of anilines is 2. The second kappa shape index (κ2) is 9.58. The Morgan fingerprint density at radius 1 is 1.31 bits per heavy atom. The molecule has 2 saturated heterocycles. The van der Waals surface area contributed by atoms with Gasteiger partial charge in [0.25, 0.3) is 0 Å². The molecule has 3 aliphatic rings. The molecule has 1 N–H and O–H groups in total. The number of hydrogen-bond acceptors (Lipinski definition) is 6. The number of aromatic nitrogens is 2. The van der Waals surface area contributed by atoms with E-state index in [1.165, 1.54) is 0 Å². The summed E-state index contributed by atoms with van der Waals surface area (Å²) in [6.07, 6.45) is 2.25. The minimum absolute atomic E-state index is 0.165. The van der Waals surface area contributed by atoms with Crippen molar-refractivity contribution in [2.45, 2.75) is 76.2 Å². The van der Waals surface area contributed by atoms with Crippen LogP contribution >= 0.6 is 11.6 Å². The minimum atomic E-state index is -0.870. The smallest absolute Gasteiger partial charge is 0.321 e. The maximum atomic E-state index is 13.4. The van der Waals surface area contributed by atoms with Gasteiger partial charge in [0.05, 0.1) is 34.5 Å². The molecular weight excluding hydrogens is 473 g/mol. The van der Waals surface area contributed by atoms with Gasteiger partial charge in [-0.05, 0) is 51.7 Å². The van der Waals surface area contributed by atoms with Crippen molar-refractivity contribution in [1.29, 1.82) is 0 Å². The van der Waals surface area contributed by atoms with E-state index in [9.17, 15) is 9.18 Å². The Hall–Kier alpha value is -2.39. The molecule has 2 aliphatic heterocycles. The van der Waals surface area contributed by atoms with Crippen LogP contribution < -0.4 is 10.2 Å². The summed E-state index contributed by atoms with van der Waals surface area (Å²) in [5, 5.41) is 7.70. The predicted molar refractivity (Wildman–Crippen MR) is 132 cm³/mol. The molecule has 2 aromatic rings. The van der Waals surface area contributed by atoms with Crippen LogP contribution in [0.2, 0.25) is 5.02 Å². The highest BCUT2D eigenvalue weighted by molar-refractivity contribution is 6.34. The van der Waals surface area contributed by atoms with Gasteiger partial charge in [0.2, 0.25) is 5.89 Å². The average molecular weight is 506 g/mol. The number of benzene rings is 1. The third-order valence-electron chi connectivity index (χ3n) is 7.34. The number of rotatable bonds is 6. The van der Waals surface area contributed by atoms with Gasteiger partial charge >= 0.3 is 6.03 Å². The molecule has 3 atom stereocenters. The summed E-state index contributed by atoms with van der Waals surface area (Å²) in [6.45, 7) is 8.87. The van der Waals surface area contributed by atoms with Gasteiger partial charge in [0.15, 0.2) is 5.82 Å². The van der Waals surface area contributed by atoms with Crippen LogP contribution in [0.25, 0.3) is 0 Å². The zero-order valence-electron chi connectivity index (χ0n) is 20.5. The van der Waals surface area contributed by atoms with Crippen LogP contribution in [0.3, 0.4) is 0 Å².